The largest absolute Gasteiger partial charge is 0.264 e. The van der Waals surface area contributed by atoms with Crippen molar-refractivity contribution in [1.82, 2.24) is 19.5 Å². The van der Waals surface area contributed by atoms with Crippen LogP contribution in [0.25, 0.3) is 17.0 Å². The number of rotatable bonds is 3. The average Bonchev–Trinajstić information content (AvgIpc) is 3.15. The molecule has 0 aliphatic carbocycles. The minimum Gasteiger partial charge on any atom is -0.264 e. The van der Waals surface area contributed by atoms with Gasteiger partial charge in [0.25, 0.3) is 0 Å². The summed E-state index contributed by atoms with van der Waals surface area (Å²) in [5.74, 6) is 5.20. The molecule has 3 aromatic heterocycles. The first-order chi connectivity index (χ1) is 10.4. The van der Waals surface area contributed by atoms with Gasteiger partial charge in [-0.15, -0.1) is 0 Å². The summed E-state index contributed by atoms with van der Waals surface area (Å²) in [5.41, 5.74) is 1.85. The van der Waals surface area contributed by atoms with Crippen molar-refractivity contribution >= 4 is 22.9 Å². The molecule has 1 aliphatic rings. The zero-order valence-electron chi connectivity index (χ0n) is 11.6. The third kappa shape index (κ3) is 2.42. The molecule has 21 heavy (non-hydrogen) atoms. The Bertz CT molecular complexity index is 747. The van der Waals surface area contributed by atoms with E-state index in [1.54, 1.807) is 0 Å². The zero-order chi connectivity index (χ0) is 14.1. The minimum absolute atomic E-state index is 0.717. The summed E-state index contributed by atoms with van der Waals surface area (Å²) in [4.78, 5) is 13.8. The molecule has 4 nitrogen and oxygen atoms in total. The molecule has 1 atom stereocenters. The second kappa shape index (κ2) is 5.48. The van der Waals surface area contributed by atoms with Crippen LogP contribution >= 0.6 is 11.8 Å². The van der Waals surface area contributed by atoms with Crippen LogP contribution in [0.15, 0.2) is 42.7 Å². The van der Waals surface area contributed by atoms with E-state index >= 15 is 0 Å². The SMILES string of the molecule is c1ccc(-n2c(CC3CCSC3)nc3cccnc32)nc1. The minimum atomic E-state index is 0.717. The molecule has 0 amide bonds. The predicted octanol–water partition coefficient (Wildman–Crippen LogP) is 3.11. The summed E-state index contributed by atoms with van der Waals surface area (Å²) in [6.45, 7) is 0. The Kier molecular flexibility index (Phi) is 3.35. The lowest BCUT2D eigenvalue weighted by molar-refractivity contribution is 0.571. The summed E-state index contributed by atoms with van der Waals surface area (Å²) in [5, 5.41) is 0. The molecular formula is C16H16N4S. The Hall–Kier alpha value is -1.88. The van der Waals surface area contributed by atoms with Gasteiger partial charge >= 0.3 is 0 Å². The molecular weight excluding hydrogens is 280 g/mol. The van der Waals surface area contributed by atoms with Gasteiger partial charge < -0.3 is 0 Å². The van der Waals surface area contributed by atoms with Crippen LogP contribution in [-0.2, 0) is 6.42 Å². The molecule has 1 unspecified atom stereocenters. The van der Waals surface area contributed by atoms with Gasteiger partial charge in [0.05, 0.1) is 0 Å². The van der Waals surface area contributed by atoms with E-state index in [0.717, 1.165) is 29.2 Å². The second-order valence-corrected chi connectivity index (χ2v) is 6.48. The third-order valence-corrected chi connectivity index (χ3v) is 5.09. The highest BCUT2D eigenvalue weighted by Crippen LogP contribution is 2.28. The van der Waals surface area contributed by atoms with Gasteiger partial charge in [-0.25, -0.2) is 15.0 Å². The third-order valence-electron chi connectivity index (χ3n) is 3.86. The molecule has 4 heterocycles. The number of thioether (sulfide) groups is 1. The van der Waals surface area contributed by atoms with Crippen LogP contribution in [0.2, 0.25) is 0 Å². The second-order valence-electron chi connectivity index (χ2n) is 5.33. The van der Waals surface area contributed by atoms with E-state index in [4.69, 9.17) is 4.98 Å². The Balaban J connectivity index is 1.84. The quantitative estimate of drug-likeness (QED) is 0.745. The van der Waals surface area contributed by atoms with Crippen LogP contribution in [-0.4, -0.2) is 31.0 Å². The average molecular weight is 296 g/mol. The Labute approximate surface area is 127 Å². The molecule has 0 radical (unpaired) electrons. The first kappa shape index (κ1) is 12.8. The molecule has 4 rings (SSSR count). The number of aromatic nitrogens is 4. The Morgan fingerprint density at radius 3 is 2.90 bits per heavy atom. The van der Waals surface area contributed by atoms with Crippen LogP contribution in [0, 0.1) is 5.92 Å². The topological polar surface area (TPSA) is 43.6 Å². The number of hydrogen-bond acceptors (Lipinski definition) is 4. The van der Waals surface area contributed by atoms with Crippen LogP contribution < -0.4 is 0 Å². The van der Waals surface area contributed by atoms with Crippen molar-refractivity contribution in [3.63, 3.8) is 0 Å². The van der Waals surface area contributed by atoms with E-state index < -0.39 is 0 Å². The molecule has 3 aromatic rings. The highest BCUT2D eigenvalue weighted by Gasteiger charge is 2.21. The summed E-state index contributed by atoms with van der Waals surface area (Å²) >= 11 is 2.04. The Morgan fingerprint density at radius 2 is 2.10 bits per heavy atom. The molecule has 0 bridgehead atoms. The van der Waals surface area contributed by atoms with E-state index in [1.165, 1.54) is 17.9 Å². The van der Waals surface area contributed by atoms with Crippen molar-refractivity contribution < 1.29 is 0 Å². The van der Waals surface area contributed by atoms with Gasteiger partial charge in [0.1, 0.15) is 17.2 Å². The first-order valence-corrected chi connectivity index (χ1v) is 8.39. The summed E-state index contributed by atoms with van der Waals surface area (Å²) < 4.78 is 2.11. The van der Waals surface area contributed by atoms with Crippen molar-refractivity contribution in [2.45, 2.75) is 12.8 Å². The number of imidazole rings is 1. The molecule has 0 aromatic carbocycles. The van der Waals surface area contributed by atoms with Crippen LogP contribution in [0.3, 0.4) is 0 Å². The molecule has 106 valence electrons. The van der Waals surface area contributed by atoms with Gasteiger partial charge in [-0.2, -0.15) is 11.8 Å². The summed E-state index contributed by atoms with van der Waals surface area (Å²) in [7, 11) is 0. The lowest BCUT2D eigenvalue weighted by atomic mass is 10.1. The van der Waals surface area contributed by atoms with E-state index in [0.29, 0.717) is 5.92 Å². The fraction of sp³-hybridized carbons (Fsp3) is 0.312. The summed E-state index contributed by atoms with van der Waals surface area (Å²) in [6, 6.07) is 9.92. The van der Waals surface area contributed by atoms with Gasteiger partial charge in [0, 0.05) is 18.8 Å². The molecule has 1 saturated heterocycles. The summed E-state index contributed by atoms with van der Waals surface area (Å²) in [6.07, 6.45) is 5.92. The van der Waals surface area contributed by atoms with Crippen molar-refractivity contribution in [3.8, 4) is 5.82 Å². The maximum absolute atomic E-state index is 4.80. The first-order valence-electron chi connectivity index (χ1n) is 7.23. The fourth-order valence-corrected chi connectivity index (χ4v) is 4.11. The highest BCUT2D eigenvalue weighted by molar-refractivity contribution is 7.99. The molecule has 0 N–H and O–H groups in total. The smallest absolute Gasteiger partial charge is 0.165 e. The van der Waals surface area contributed by atoms with Crippen molar-refractivity contribution in [2.75, 3.05) is 11.5 Å². The van der Waals surface area contributed by atoms with Crippen molar-refractivity contribution in [3.05, 3.63) is 48.5 Å². The number of fused-ring (bicyclic) bond motifs is 1. The van der Waals surface area contributed by atoms with E-state index in [-0.39, 0.29) is 0 Å². The lowest BCUT2D eigenvalue weighted by Crippen LogP contribution is -2.10. The molecule has 0 saturated carbocycles. The maximum atomic E-state index is 4.80. The fourth-order valence-electron chi connectivity index (χ4n) is 2.83. The maximum Gasteiger partial charge on any atom is 0.165 e. The van der Waals surface area contributed by atoms with E-state index in [1.807, 2.05) is 54.5 Å². The normalized spacial score (nSPS) is 18.4. The van der Waals surface area contributed by atoms with Crippen LogP contribution in [0.1, 0.15) is 12.2 Å². The predicted molar refractivity (Wildman–Crippen MR) is 85.8 cm³/mol. The van der Waals surface area contributed by atoms with Gasteiger partial charge in [0.2, 0.25) is 0 Å². The molecule has 1 aliphatic heterocycles. The molecule has 0 spiro atoms. The van der Waals surface area contributed by atoms with Crippen LogP contribution in [0.4, 0.5) is 0 Å². The number of pyridine rings is 2. The highest BCUT2D eigenvalue weighted by atomic mass is 32.2. The van der Waals surface area contributed by atoms with Gasteiger partial charge in [-0.3, -0.25) is 4.57 Å². The van der Waals surface area contributed by atoms with Crippen molar-refractivity contribution in [1.29, 1.82) is 0 Å². The number of nitrogens with zero attached hydrogens (tertiary/aromatic N) is 4. The van der Waals surface area contributed by atoms with Crippen LogP contribution in [0.5, 0.6) is 0 Å². The van der Waals surface area contributed by atoms with Crippen molar-refractivity contribution in [2.24, 2.45) is 5.92 Å². The molecule has 1 fully saturated rings. The van der Waals surface area contributed by atoms with E-state index in [9.17, 15) is 0 Å². The lowest BCUT2D eigenvalue weighted by Gasteiger charge is -2.10. The molecule has 5 heteroatoms. The van der Waals surface area contributed by atoms with E-state index in [2.05, 4.69) is 14.5 Å². The van der Waals surface area contributed by atoms with Gasteiger partial charge in [-0.05, 0) is 48.1 Å². The Morgan fingerprint density at radius 1 is 1.14 bits per heavy atom. The van der Waals surface area contributed by atoms with Gasteiger partial charge in [0.15, 0.2) is 5.65 Å². The van der Waals surface area contributed by atoms with Gasteiger partial charge in [-0.1, -0.05) is 6.07 Å². The number of hydrogen-bond donors (Lipinski definition) is 0. The monoisotopic (exact) mass is 296 g/mol. The standard InChI is InChI=1S/C16H16N4S/c1-2-7-17-14(5-1)20-15(10-12-6-9-21-11-12)19-13-4-3-8-18-16(13)20/h1-5,7-8,12H,6,9-11H2. The zero-order valence-corrected chi connectivity index (χ0v) is 12.5.